The number of nitrogens with one attached hydrogen (secondary N) is 1. The minimum Gasteiger partial charge on any atom is -0.328 e. The summed E-state index contributed by atoms with van der Waals surface area (Å²) in [6.07, 6.45) is 13.2. The van der Waals surface area contributed by atoms with Gasteiger partial charge in [0, 0.05) is 24.0 Å². The average Bonchev–Trinajstić information content (AvgIpc) is 2.96. The summed E-state index contributed by atoms with van der Waals surface area (Å²) in [6.45, 7) is 0. The van der Waals surface area contributed by atoms with Crippen LogP contribution in [-0.2, 0) is 0 Å². The van der Waals surface area contributed by atoms with Crippen molar-refractivity contribution in [3.8, 4) is 0 Å². The van der Waals surface area contributed by atoms with Crippen LogP contribution in [0, 0.1) is 5.92 Å². The summed E-state index contributed by atoms with van der Waals surface area (Å²) in [7, 11) is 0. The quantitative estimate of drug-likeness (QED) is 0.734. The Hall–Kier alpha value is -0.600. The molecule has 3 aliphatic rings. The van der Waals surface area contributed by atoms with Crippen LogP contribution < -0.4 is 11.1 Å². The Bertz CT molecular complexity index is 300. The smallest absolute Gasteiger partial charge is 0.0145 e. The molecule has 0 saturated heterocycles. The first-order chi connectivity index (χ1) is 7.33. The molecule has 3 N–H and O–H groups in total. The van der Waals surface area contributed by atoms with E-state index in [4.69, 9.17) is 5.73 Å². The molecule has 0 spiro atoms. The van der Waals surface area contributed by atoms with E-state index in [0.29, 0.717) is 12.1 Å². The van der Waals surface area contributed by atoms with Crippen molar-refractivity contribution in [1.82, 2.24) is 5.32 Å². The van der Waals surface area contributed by atoms with E-state index in [1.807, 2.05) is 0 Å². The van der Waals surface area contributed by atoms with Gasteiger partial charge in [-0.3, -0.25) is 0 Å². The minimum absolute atomic E-state index is 0.466. The molecule has 0 bridgehead atoms. The fourth-order valence-corrected chi connectivity index (χ4v) is 2.76. The van der Waals surface area contributed by atoms with Crippen LogP contribution in [0.25, 0.3) is 0 Å². The molecular formula is C13H20N2. The Morgan fingerprint density at radius 3 is 2.73 bits per heavy atom. The van der Waals surface area contributed by atoms with Crippen molar-refractivity contribution in [3.05, 3.63) is 23.8 Å². The number of hydrogen-bond donors (Lipinski definition) is 2. The second kappa shape index (κ2) is 3.76. The predicted octanol–water partition coefficient (Wildman–Crippen LogP) is 1.73. The average molecular weight is 204 g/mol. The van der Waals surface area contributed by atoms with Crippen LogP contribution in [0.15, 0.2) is 23.8 Å². The zero-order valence-corrected chi connectivity index (χ0v) is 9.15. The molecule has 0 heterocycles. The lowest BCUT2D eigenvalue weighted by atomic mass is 9.87. The Morgan fingerprint density at radius 1 is 1.20 bits per heavy atom. The molecule has 3 rings (SSSR count). The highest BCUT2D eigenvalue weighted by atomic mass is 15.0. The molecule has 0 amide bonds. The highest BCUT2D eigenvalue weighted by molar-refractivity contribution is 5.31. The van der Waals surface area contributed by atoms with Gasteiger partial charge < -0.3 is 11.1 Å². The molecule has 0 radical (unpaired) electrons. The van der Waals surface area contributed by atoms with E-state index in [1.165, 1.54) is 32.1 Å². The van der Waals surface area contributed by atoms with Crippen molar-refractivity contribution in [2.24, 2.45) is 11.7 Å². The lowest BCUT2D eigenvalue weighted by Gasteiger charge is -2.33. The van der Waals surface area contributed by atoms with Crippen LogP contribution in [0.1, 0.15) is 32.1 Å². The first-order valence-corrected chi connectivity index (χ1v) is 6.21. The second-order valence-corrected chi connectivity index (χ2v) is 5.23. The van der Waals surface area contributed by atoms with Gasteiger partial charge in [0.1, 0.15) is 0 Å². The summed E-state index contributed by atoms with van der Waals surface area (Å²) in [5.74, 6) is 0.804. The van der Waals surface area contributed by atoms with Crippen molar-refractivity contribution in [2.45, 2.75) is 50.2 Å². The van der Waals surface area contributed by atoms with E-state index in [2.05, 4.69) is 23.5 Å². The molecule has 2 saturated carbocycles. The van der Waals surface area contributed by atoms with E-state index in [9.17, 15) is 0 Å². The largest absolute Gasteiger partial charge is 0.328 e. The van der Waals surface area contributed by atoms with Crippen LogP contribution in [-0.4, -0.2) is 18.1 Å². The van der Waals surface area contributed by atoms with Gasteiger partial charge in [0.25, 0.3) is 0 Å². The fraction of sp³-hybridized carbons (Fsp3) is 0.692. The van der Waals surface area contributed by atoms with Crippen molar-refractivity contribution in [2.75, 3.05) is 0 Å². The summed E-state index contributed by atoms with van der Waals surface area (Å²) < 4.78 is 0. The summed E-state index contributed by atoms with van der Waals surface area (Å²) in [4.78, 5) is 0. The molecule has 0 aromatic rings. The molecule has 2 atom stereocenters. The van der Waals surface area contributed by atoms with Gasteiger partial charge in [0.05, 0.1) is 0 Å². The van der Waals surface area contributed by atoms with Gasteiger partial charge in [0.2, 0.25) is 0 Å². The maximum atomic E-state index is 5.78. The van der Waals surface area contributed by atoms with Gasteiger partial charge in [-0.05, 0) is 37.7 Å². The van der Waals surface area contributed by atoms with Crippen LogP contribution >= 0.6 is 0 Å². The van der Waals surface area contributed by atoms with Crippen molar-refractivity contribution in [1.29, 1.82) is 0 Å². The Labute approximate surface area is 91.6 Å². The molecular weight excluding hydrogens is 184 g/mol. The van der Waals surface area contributed by atoms with Gasteiger partial charge in [0.15, 0.2) is 0 Å². The Balaban J connectivity index is 1.47. The van der Waals surface area contributed by atoms with Crippen molar-refractivity contribution >= 4 is 0 Å². The van der Waals surface area contributed by atoms with E-state index in [0.717, 1.165) is 12.0 Å². The first kappa shape index (κ1) is 9.61. The minimum atomic E-state index is 0.466. The van der Waals surface area contributed by atoms with Gasteiger partial charge in [-0.25, -0.2) is 0 Å². The van der Waals surface area contributed by atoms with E-state index in [-0.39, 0.29) is 0 Å². The molecule has 15 heavy (non-hydrogen) atoms. The molecule has 0 aliphatic heterocycles. The van der Waals surface area contributed by atoms with Crippen LogP contribution in [0.4, 0.5) is 0 Å². The third-order valence-corrected chi connectivity index (χ3v) is 3.87. The van der Waals surface area contributed by atoms with Crippen molar-refractivity contribution in [3.63, 3.8) is 0 Å². The molecule has 0 aromatic carbocycles. The van der Waals surface area contributed by atoms with Crippen LogP contribution in [0.2, 0.25) is 0 Å². The number of hydrogen-bond acceptors (Lipinski definition) is 2. The third kappa shape index (κ3) is 2.01. The number of rotatable bonds is 3. The highest BCUT2D eigenvalue weighted by Crippen LogP contribution is 2.40. The highest BCUT2D eigenvalue weighted by Gasteiger charge is 2.41. The summed E-state index contributed by atoms with van der Waals surface area (Å²) in [5.41, 5.74) is 7.35. The maximum absolute atomic E-state index is 5.78. The Kier molecular flexibility index (Phi) is 2.41. The second-order valence-electron chi connectivity index (χ2n) is 5.23. The molecule has 0 unspecified atom stereocenters. The molecule has 3 aliphatic carbocycles. The van der Waals surface area contributed by atoms with Crippen molar-refractivity contribution < 1.29 is 0 Å². The molecule has 82 valence electrons. The lowest BCUT2D eigenvalue weighted by Crippen LogP contribution is -2.49. The van der Waals surface area contributed by atoms with Gasteiger partial charge in [-0.15, -0.1) is 0 Å². The standard InChI is InChI=1S/C13H20N2/c14-10-6-11(7-10)15-13-8-12(13)9-4-2-1-3-5-9/h2,4-5,10-13,15H,1,3,6-8,14H2/t10-,11+,12-,13+/m1/s1. The molecule has 0 aromatic heterocycles. The Morgan fingerprint density at radius 2 is 2.07 bits per heavy atom. The third-order valence-electron chi connectivity index (χ3n) is 3.87. The fourth-order valence-electron chi connectivity index (χ4n) is 2.76. The van der Waals surface area contributed by atoms with E-state index < -0.39 is 0 Å². The van der Waals surface area contributed by atoms with Crippen LogP contribution in [0.5, 0.6) is 0 Å². The van der Waals surface area contributed by atoms with Gasteiger partial charge in [-0.1, -0.05) is 18.2 Å². The zero-order chi connectivity index (χ0) is 10.3. The van der Waals surface area contributed by atoms with Gasteiger partial charge in [-0.2, -0.15) is 0 Å². The SMILES string of the molecule is N[C@H]1C[C@@H](N[C@H]2C[C@@H]2C2=CCCC=C2)C1. The van der Waals surface area contributed by atoms with E-state index in [1.54, 1.807) is 5.57 Å². The number of nitrogens with two attached hydrogens (primary N) is 1. The summed E-state index contributed by atoms with van der Waals surface area (Å²) in [5, 5.41) is 3.71. The molecule has 2 heteroatoms. The van der Waals surface area contributed by atoms with Gasteiger partial charge >= 0.3 is 0 Å². The normalized spacial score (nSPS) is 43.4. The predicted molar refractivity (Wildman–Crippen MR) is 62.5 cm³/mol. The molecule has 2 fully saturated rings. The topological polar surface area (TPSA) is 38.0 Å². The summed E-state index contributed by atoms with van der Waals surface area (Å²) >= 11 is 0. The summed E-state index contributed by atoms with van der Waals surface area (Å²) in [6, 6.07) is 1.92. The van der Waals surface area contributed by atoms with E-state index >= 15 is 0 Å². The first-order valence-electron chi connectivity index (χ1n) is 6.21. The maximum Gasteiger partial charge on any atom is 0.0145 e. The lowest BCUT2D eigenvalue weighted by molar-refractivity contribution is 0.288. The molecule has 2 nitrogen and oxygen atoms in total. The van der Waals surface area contributed by atoms with Crippen LogP contribution in [0.3, 0.4) is 0 Å². The zero-order valence-electron chi connectivity index (χ0n) is 9.15. The monoisotopic (exact) mass is 204 g/mol. The number of allylic oxidation sites excluding steroid dienone is 3.